The van der Waals surface area contributed by atoms with Gasteiger partial charge in [0.25, 0.3) is 0 Å². The van der Waals surface area contributed by atoms with Gasteiger partial charge in [-0.2, -0.15) is 0 Å². The summed E-state index contributed by atoms with van der Waals surface area (Å²) < 4.78 is 11.2. The highest BCUT2D eigenvalue weighted by atomic mass is 16.5. The molecule has 19 heavy (non-hydrogen) atoms. The fraction of sp³-hybridized carbons (Fsp3) is 0.714. The molecule has 5 heteroatoms. The largest absolute Gasteiger partial charge is 0.473 e. The molecule has 0 saturated carbocycles. The van der Waals surface area contributed by atoms with Crippen molar-refractivity contribution in [2.75, 3.05) is 13.2 Å². The summed E-state index contributed by atoms with van der Waals surface area (Å²) in [7, 11) is 0. The number of nitrogens with one attached hydrogen (secondary N) is 1. The Morgan fingerprint density at radius 2 is 2.05 bits per heavy atom. The summed E-state index contributed by atoms with van der Waals surface area (Å²) in [5, 5.41) is 3.39. The van der Waals surface area contributed by atoms with E-state index < -0.39 is 0 Å². The van der Waals surface area contributed by atoms with Crippen molar-refractivity contribution in [2.45, 2.75) is 51.8 Å². The molecule has 0 unspecified atom stereocenters. The molecule has 1 fully saturated rings. The van der Waals surface area contributed by atoms with E-state index in [4.69, 9.17) is 9.47 Å². The van der Waals surface area contributed by atoms with E-state index in [9.17, 15) is 0 Å². The highest BCUT2D eigenvalue weighted by Gasteiger charge is 2.16. The van der Waals surface area contributed by atoms with Gasteiger partial charge in [-0.25, -0.2) is 4.98 Å². The average Bonchev–Trinajstić information content (AvgIpc) is 2.37. The second-order valence-corrected chi connectivity index (χ2v) is 5.88. The Morgan fingerprint density at radius 1 is 1.32 bits per heavy atom. The lowest BCUT2D eigenvalue weighted by molar-refractivity contribution is 0.0235. The highest BCUT2D eigenvalue weighted by molar-refractivity contribution is 5.09. The molecule has 0 atom stereocenters. The van der Waals surface area contributed by atoms with Gasteiger partial charge in [0.1, 0.15) is 6.10 Å². The molecule has 1 aliphatic heterocycles. The number of hydrogen-bond acceptors (Lipinski definition) is 5. The SMILES string of the molecule is CC(C)(C)NCc1cncc(OC2CCOCC2)n1. The van der Waals surface area contributed by atoms with E-state index in [-0.39, 0.29) is 11.6 Å². The molecule has 0 aliphatic carbocycles. The molecule has 1 saturated heterocycles. The van der Waals surface area contributed by atoms with Gasteiger partial charge in [-0.15, -0.1) is 0 Å². The van der Waals surface area contributed by atoms with Crippen molar-refractivity contribution >= 4 is 0 Å². The topological polar surface area (TPSA) is 56.3 Å². The lowest BCUT2D eigenvalue weighted by Gasteiger charge is -2.23. The quantitative estimate of drug-likeness (QED) is 0.901. The van der Waals surface area contributed by atoms with E-state index in [1.165, 1.54) is 0 Å². The summed E-state index contributed by atoms with van der Waals surface area (Å²) in [4.78, 5) is 8.67. The van der Waals surface area contributed by atoms with Crippen molar-refractivity contribution in [2.24, 2.45) is 0 Å². The molecule has 0 bridgehead atoms. The van der Waals surface area contributed by atoms with Gasteiger partial charge < -0.3 is 14.8 Å². The van der Waals surface area contributed by atoms with E-state index in [0.29, 0.717) is 12.4 Å². The van der Waals surface area contributed by atoms with Crippen LogP contribution in [-0.2, 0) is 11.3 Å². The molecule has 1 aromatic heterocycles. The standard InChI is InChI=1S/C14H23N3O2/c1-14(2,3)16-9-11-8-15-10-13(17-11)19-12-4-6-18-7-5-12/h8,10,12,16H,4-7,9H2,1-3H3. The lowest BCUT2D eigenvalue weighted by atomic mass is 10.1. The molecule has 106 valence electrons. The molecule has 1 N–H and O–H groups in total. The number of aromatic nitrogens is 2. The smallest absolute Gasteiger partial charge is 0.232 e. The van der Waals surface area contributed by atoms with Crippen LogP contribution in [0.25, 0.3) is 0 Å². The summed E-state index contributed by atoms with van der Waals surface area (Å²) in [5.41, 5.74) is 0.971. The number of ether oxygens (including phenoxy) is 2. The maximum absolute atomic E-state index is 5.85. The minimum Gasteiger partial charge on any atom is -0.473 e. The zero-order chi connectivity index (χ0) is 13.7. The average molecular weight is 265 g/mol. The summed E-state index contributed by atoms with van der Waals surface area (Å²) in [6.45, 7) is 8.61. The van der Waals surface area contributed by atoms with Crippen LogP contribution in [0, 0.1) is 0 Å². The van der Waals surface area contributed by atoms with Gasteiger partial charge in [0.05, 0.1) is 25.1 Å². The Morgan fingerprint density at radius 3 is 2.74 bits per heavy atom. The second-order valence-electron chi connectivity index (χ2n) is 5.88. The zero-order valence-electron chi connectivity index (χ0n) is 12.0. The summed E-state index contributed by atoms with van der Waals surface area (Å²) >= 11 is 0. The third-order valence-electron chi connectivity index (χ3n) is 2.92. The second kappa shape index (κ2) is 6.30. The van der Waals surface area contributed by atoms with Crippen LogP contribution < -0.4 is 10.1 Å². The maximum Gasteiger partial charge on any atom is 0.232 e. The van der Waals surface area contributed by atoms with Crippen LogP contribution in [0.2, 0.25) is 0 Å². The fourth-order valence-corrected chi connectivity index (χ4v) is 1.85. The van der Waals surface area contributed by atoms with Gasteiger partial charge in [-0.05, 0) is 20.8 Å². The Balaban J connectivity index is 1.90. The predicted octanol–water partition coefficient (Wildman–Crippen LogP) is 1.92. The van der Waals surface area contributed by atoms with Crippen LogP contribution in [0.1, 0.15) is 39.3 Å². The molecule has 2 heterocycles. The normalized spacial score (nSPS) is 17.4. The van der Waals surface area contributed by atoms with Crippen LogP contribution in [0.3, 0.4) is 0 Å². The Hall–Kier alpha value is -1.20. The third-order valence-corrected chi connectivity index (χ3v) is 2.92. The minimum atomic E-state index is 0.0687. The Labute approximate surface area is 114 Å². The highest BCUT2D eigenvalue weighted by Crippen LogP contribution is 2.15. The molecule has 0 spiro atoms. The zero-order valence-corrected chi connectivity index (χ0v) is 12.0. The van der Waals surface area contributed by atoms with Gasteiger partial charge in [0.15, 0.2) is 0 Å². The van der Waals surface area contributed by atoms with Gasteiger partial charge in [-0.1, -0.05) is 0 Å². The first-order valence-electron chi connectivity index (χ1n) is 6.83. The first-order chi connectivity index (χ1) is 9.03. The molecule has 2 rings (SSSR count). The van der Waals surface area contributed by atoms with Crippen molar-refractivity contribution < 1.29 is 9.47 Å². The summed E-state index contributed by atoms with van der Waals surface area (Å²) in [6.07, 6.45) is 5.50. The van der Waals surface area contributed by atoms with Crippen molar-refractivity contribution in [1.29, 1.82) is 0 Å². The number of hydrogen-bond donors (Lipinski definition) is 1. The summed E-state index contributed by atoms with van der Waals surface area (Å²) in [5.74, 6) is 0.611. The van der Waals surface area contributed by atoms with Crippen molar-refractivity contribution in [3.63, 3.8) is 0 Å². The molecule has 0 radical (unpaired) electrons. The molecule has 5 nitrogen and oxygen atoms in total. The molecule has 0 aromatic carbocycles. The first kappa shape index (κ1) is 14.2. The van der Waals surface area contributed by atoms with Gasteiger partial charge in [0.2, 0.25) is 5.88 Å². The molecule has 1 aliphatic rings. The minimum absolute atomic E-state index is 0.0687. The van der Waals surface area contributed by atoms with Crippen LogP contribution in [0.4, 0.5) is 0 Å². The van der Waals surface area contributed by atoms with Gasteiger partial charge >= 0.3 is 0 Å². The van der Waals surface area contributed by atoms with Crippen molar-refractivity contribution in [1.82, 2.24) is 15.3 Å². The third kappa shape index (κ3) is 5.12. The van der Waals surface area contributed by atoms with E-state index >= 15 is 0 Å². The fourth-order valence-electron chi connectivity index (χ4n) is 1.85. The number of nitrogens with zero attached hydrogens (tertiary/aromatic N) is 2. The van der Waals surface area contributed by atoms with E-state index in [1.54, 1.807) is 12.4 Å². The van der Waals surface area contributed by atoms with Gasteiger partial charge in [0, 0.05) is 31.1 Å². The van der Waals surface area contributed by atoms with E-state index in [0.717, 1.165) is 31.7 Å². The molecular weight excluding hydrogens is 242 g/mol. The Bertz CT molecular complexity index is 398. The monoisotopic (exact) mass is 265 g/mol. The molecule has 0 amide bonds. The summed E-state index contributed by atoms with van der Waals surface area (Å²) in [6, 6.07) is 0. The molecule has 1 aromatic rings. The first-order valence-corrected chi connectivity index (χ1v) is 6.83. The number of rotatable bonds is 4. The van der Waals surface area contributed by atoms with Crippen LogP contribution in [-0.4, -0.2) is 34.8 Å². The van der Waals surface area contributed by atoms with E-state index in [2.05, 4.69) is 36.1 Å². The van der Waals surface area contributed by atoms with Crippen molar-refractivity contribution in [3.05, 3.63) is 18.1 Å². The molecular formula is C14H23N3O2. The predicted molar refractivity (Wildman–Crippen MR) is 73.1 cm³/mol. The van der Waals surface area contributed by atoms with Gasteiger partial charge in [-0.3, -0.25) is 4.98 Å². The van der Waals surface area contributed by atoms with Crippen molar-refractivity contribution in [3.8, 4) is 5.88 Å². The van der Waals surface area contributed by atoms with E-state index in [1.807, 2.05) is 0 Å². The lowest BCUT2D eigenvalue weighted by Crippen LogP contribution is -2.35. The Kier molecular flexibility index (Phi) is 4.71. The maximum atomic E-state index is 5.85. The van der Waals surface area contributed by atoms with Crippen LogP contribution in [0.5, 0.6) is 5.88 Å². The van der Waals surface area contributed by atoms with Crippen LogP contribution in [0.15, 0.2) is 12.4 Å². The van der Waals surface area contributed by atoms with Crippen LogP contribution >= 0.6 is 0 Å².